The zero-order valence-electron chi connectivity index (χ0n) is 15.4. The number of rotatable bonds is 10. The van der Waals surface area contributed by atoms with Crippen molar-refractivity contribution in [2.75, 3.05) is 26.1 Å². The van der Waals surface area contributed by atoms with Crippen LogP contribution < -0.4 is 20.1 Å². The topological polar surface area (TPSA) is 85.4 Å². The highest BCUT2D eigenvalue weighted by Gasteiger charge is 2.17. The van der Waals surface area contributed by atoms with Crippen molar-refractivity contribution in [3.63, 3.8) is 0 Å². The summed E-state index contributed by atoms with van der Waals surface area (Å²) in [6.45, 7) is 5.23. The second-order valence-electron chi connectivity index (χ2n) is 5.47. The van der Waals surface area contributed by atoms with Crippen LogP contribution in [0.2, 0.25) is 0 Å². The fourth-order valence-corrected chi connectivity index (χ4v) is 4.03. The zero-order valence-corrected chi connectivity index (χ0v) is 17.0. The van der Waals surface area contributed by atoms with E-state index in [1.165, 1.54) is 23.1 Å². The minimum Gasteiger partial charge on any atom is -0.493 e. The van der Waals surface area contributed by atoms with Crippen LogP contribution in [0.1, 0.15) is 25.8 Å². The van der Waals surface area contributed by atoms with Crippen molar-refractivity contribution in [3.05, 3.63) is 23.8 Å². The summed E-state index contributed by atoms with van der Waals surface area (Å²) in [6, 6.07) is 5.58. The summed E-state index contributed by atoms with van der Waals surface area (Å²) < 4.78 is 11.3. The van der Waals surface area contributed by atoms with Crippen molar-refractivity contribution in [3.8, 4) is 11.5 Å². The van der Waals surface area contributed by atoms with Gasteiger partial charge >= 0.3 is 0 Å². The highest BCUT2D eigenvalue weighted by molar-refractivity contribution is 8.02. The number of amides is 1. The minimum absolute atomic E-state index is 0.0527. The van der Waals surface area contributed by atoms with Crippen molar-refractivity contribution in [2.45, 2.75) is 36.4 Å². The molecule has 0 saturated carbocycles. The van der Waals surface area contributed by atoms with E-state index in [2.05, 4.69) is 27.8 Å². The lowest BCUT2D eigenvalue weighted by Gasteiger charge is -2.12. The van der Waals surface area contributed by atoms with Gasteiger partial charge < -0.3 is 20.1 Å². The van der Waals surface area contributed by atoms with Gasteiger partial charge in [0, 0.05) is 13.1 Å². The molecule has 0 aliphatic carbocycles. The first-order valence-electron chi connectivity index (χ1n) is 8.30. The molecule has 1 aromatic heterocycles. The van der Waals surface area contributed by atoms with Gasteiger partial charge in [0.25, 0.3) is 0 Å². The molecule has 0 bridgehead atoms. The number of thioether (sulfide) groups is 1. The number of carbonyl (C=O) groups is 1. The van der Waals surface area contributed by atoms with Crippen LogP contribution in [0.25, 0.3) is 0 Å². The number of hydrogen-bond donors (Lipinski definition) is 2. The maximum atomic E-state index is 12.3. The van der Waals surface area contributed by atoms with Crippen LogP contribution in [-0.4, -0.2) is 42.1 Å². The Morgan fingerprint density at radius 2 is 2.04 bits per heavy atom. The number of benzene rings is 1. The summed E-state index contributed by atoms with van der Waals surface area (Å²) in [7, 11) is 3.18. The second kappa shape index (κ2) is 10.2. The van der Waals surface area contributed by atoms with Gasteiger partial charge in [-0.25, -0.2) is 0 Å². The minimum atomic E-state index is -0.262. The van der Waals surface area contributed by atoms with Crippen LogP contribution in [-0.2, 0) is 11.3 Å². The highest BCUT2D eigenvalue weighted by Crippen LogP contribution is 2.29. The SMILES string of the molecule is CCCNc1nnc(S[C@H](C)C(=O)NCc2ccc(OC)c(OC)c2)s1. The van der Waals surface area contributed by atoms with Gasteiger partial charge in [-0.15, -0.1) is 10.2 Å². The van der Waals surface area contributed by atoms with E-state index in [9.17, 15) is 4.79 Å². The Bertz CT molecular complexity index is 724. The molecule has 0 fully saturated rings. The first kappa shape index (κ1) is 20.3. The Kier molecular flexibility index (Phi) is 7.99. The fourth-order valence-electron chi connectivity index (χ4n) is 2.09. The molecular formula is C17H24N4O3S2. The number of methoxy groups -OCH3 is 2. The van der Waals surface area contributed by atoms with Crippen molar-refractivity contribution in [1.82, 2.24) is 15.5 Å². The van der Waals surface area contributed by atoms with E-state index in [1.807, 2.05) is 25.1 Å². The van der Waals surface area contributed by atoms with E-state index in [1.54, 1.807) is 14.2 Å². The van der Waals surface area contributed by atoms with Gasteiger partial charge in [-0.3, -0.25) is 4.79 Å². The highest BCUT2D eigenvalue weighted by atomic mass is 32.2. The molecule has 2 rings (SSSR count). The standard InChI is InChI=1S/C17H24N4O3S2/c1-5-8-18-16-20-21-17(26-16)25-11(2)15(22)19-10-12-6-7-13(23-3)14(9-12)24-4/h6-7,9,11H,5,8,10H2,1-4H3,(H,18,20)(H,19,22)/t11-/m1/s1. The molecule has 9 heteroatoms. The van der Waals surface area contributed by atoms with Crippen LogP contribution in [0.5, 0.6) is 11.5 Å². The number of anilines is 1. The molecule has 2 aromatic rings. The molecule has 0 radical (unpaired) electrons. The average molecular weight is 397 g/mol. The monoisotopic (exact) mass is 396 g/mol. The summed E-state index contributed by atoms with van der Waals surface area (Å²) >= 11 is 2.86. The smallest absolute Gasteiger partial charge is 0.233 e. The summed E-state index contributed by atoms with van der Waals surface area (Å²) in [5.41, 5.74) is 0.940. The summed E-state index contributed by atoms with van der Waals surface area (Å²) in [4.78, 5) is 12.3. The number of hydrogen-bond acceptors (Lipinski definition) is 8. The van der Waals surface area contributed by atoms with Crippen molar-refractivity contribution >= 4 is 34.1 Å². The Morgan fingerprint density at radius 3 is 2.73 bits per heavy atom. The molecule has 0 spiro atoms. The van der Waals surface area contributed by atoms with Crippen molar-refractivity contribution in [2.24, 2.45) is 0 Å². The lowest BCUT2D eigenvalue weighted by atomic mass is 10.2. The van der Waals surface area contributed by atoms with Crippen LogP contribution in [0, 0.1) is 0 Å². The number of aromatic nitrogens is 2. The molecule has 0 aliphatic rings. The van der Waals surface area contributed by atoms with Gasteiger partial charge in [0.2, 0.25) is 11.0 Å². The molecule has 2 N–H and O–H groups in total. The normalized spacial score (nSPS) is 11.7. The van der Waals surface area contributed by atoms with Crippen molar-refractivity contribution < 1.29 is 14.3 Å². The summed E-state index contributed by atoms with van der Waals surface area (Å²) in [5, 5.41) is 14.8. The molecule has 142 valence electrons. The van der Waals surface area contributed by atoms with Crippen molar-refractivity contribution in [1.29, 1.82) is 0 Å². The Balaban J connectivity index is 1.86. The van der Waals surface area contributed by atoms with Gasteiger partial charge in [-0.1, -0.05) is 36.1 Å². The van der Waals surface area contributed by atoms with E-state index >= 15 is 0 Å². The van der Waals surface area contributed by atoms with Crippen LogP contribution in [0.4, 0.5) is 5.13 Å². The first-order valence-corrected chi connectivity index (χ1v) is 9.99. The van der Waals surface area contributed by atoms with Gasteiger partial charge in [0.1, 0.15) is 0 Å². The molecule has 26 heavy (non-hydrogen) atoms. The molecule has 0 saturated heterocycles. The van der Waals surface area contributed by atoms with E-state index in [4.69, 9.17) is 9.47 Å². The molecule has 7 nitrogen and oxygen atoms in total. The van der Waals surface area contributed by atoms with Gasteiger partial charge in [0.15, 0.2) is 15.8 Å². The molecule has 0 aliphatic heterocycles. The number of carbonyl (C=O) groups excluding carboxylic acids is 1. The number of nitrogens with zero attached hydrogens (tertiary/aromatic N) is 2. The predicted octanol–water partition coefficient (Wildman–Crippen LogP) is 3.17. The average Bonchev–Trinajstić information content (AvgIpc) is 3.11. The van der Waals surface area contributed by atoms with Crippen LogP contribution in [0.3, 0.4) is 0 Å². The maximum absolute atomic E-state index is 12.3. The molecule has 1 amide bonds. The first-order chi connectivity index (χ1) is 12.6. The third-order valence-electron chi connectivity index (χ3n) is 3.49. The Morgan fingerprint density at radius 1 is 1.27 bits per heavy atom. The zero-order chi connectivity index (χ0) is 18.9. The molecule has 1 aromatic carbocycles. The Hall–Kier alpha value is -2.00. The summed E-state index contributed by atoms with van der Waals surface area (Å²) in [5.74, 6) is 1.25. The molecular weight excluding hydrogens is 372 g/mol. The predicted molar refractivity (Wildman–Crippen MR) is 105 cm³/mol. The lowest BCUT2D eigenvalue weighted by Crippen LogP contribution is -2.30. The molecule has 0 unspecified atom stereocenters. The molecule has 1 atom stereocenters. The van der Waals surface area contributed by atoms with E-state index in [0.717, 1.165) is 28.0 Å². The van der Waals surface area contributed by atoms with Gasteiger partial charge in [0.05, 0.1) is 19.5 Å². The van der Waals surface area contributed by atoms with Crippen LogP contribution in [0.15, 0.2) is 22.5 Å². The van der Waals surface area contributed by atoms with E-state index in [0.29, 0.717) is 18.0 Å². The van der Waals surface area contributed by atoms with Gasteiger partial charge in [-0.2, -0.15) is 0 Å². The van der Waals surface area contributed by atoms with Crippen LogP contribution >= 0.6 is 23.1 Å². The van der Waals surface area contributed by atoms with E-state index < -0.39 is 0 Å². The second-order valence-corrected chi connectivity index (χ2v) is 8.03. The number of nitrogens with one attached hydrogen (secondary N) is 2. The number of ether oxygens (including phenoxy) is 2. The third-order valence-corrected chi connectivity index (χ3v) is 5.56. The third kappa shape index (κ3) is 5.77. The fraction of sp³-hybridized carbons (Fsp3) is 0.471. The largest absolute Gasteiger partial charge is 0.493 e. The lowest BCUT2D eigenvalue weighted by molar-refractivity contribution is -0.120. The summed E-state index contributed by atoms with van der Waals surface area (Å²) in [6.07, 6.45) is 1.02. The quantitative estimate of drug-likeness (QED) is 0.597. The molecule has 1 heterocycles. The van der Waals surface area contributed by atoms with E-state index in [-0.39, 0.29) is 11.2 Å². The Labute approximate surface area is 161 Å². The van der Waals surface area contributed by atoms with Gasteiger partial charge in [-0.05, 0) is 31.0 Å². The maximum Gasteiger partial charge on any atom is 0.233 e.